The number of rotatable bonds is 4. The van der Waals surface area contributed by atoms with Crippen molar-refractivity contribution in [2.24, 2.45) is 0 Å². The predicted molar refractivity (Wildman–Crippen MR) is 133 cm³/mol. The molecule has 2 heterocycles. The number of imide groups is 1. The molecule has 2 aromatic carbocycles. The van der Waals surface area contributed by atoms with Gasteiger partial charge in [-0.15, -0.1) is 0 Å². The molecule has 5 nitrogen and oxygen atoms in total. The third-order valence-electron chi connectivity index (χ3n) is 5.61. The minimum absolute atomic E-state index is 0.0858. The van der Waals surface area contributed by atoms with Crippen LogP contribution in [-0.2, 0) is 4.79 Å². The van der Waals surface area contributed by atoms with E-state index >= 15 is 0 Å². The summed E-state index contributed by atoms with van der Waals surface area (Å²) >= 11 is 19.6. The number of halogens is 4. The Bertz CT molecular complexity index is 1080. The molecule has 0 radical (unpaired) electrons. The van der Waals surface area contributed by atoms with Crippen molar-refractivity contribution >= 4 is 69.5 Å². The fraction of sp³-hybridized carbons (Fsp3) is 0.304. The highest BCUT2D eigenvalue weighted by Gasteiger charge is 2.51. The van der Waals surface area contributed by atoms with E-state index in [0.29, 0.717) is 37.9 Å². The van der Waals surface area contributed by atoms with Gasteiger partial charge in [-0.3, -0.25) is 14.5 Å². The summed E-state index contributed by atoms with van der Waals surface area (Å²) in [6.45, 7) is 4.29. The average Bonchev–Trinajstić information content (AvgIpc) is 3.03. The summed E-state index contributed by atoms with van der Waals surface area (Å²) in [6.07, 6.45) is 0.270. The summed E-state index contributed by atoms with van der Waals surface area (Å²) in [7, 11) is 0. The van der Waals surface area contributed by atoms with Crippen LogP contribution < -0.4 is 4.90 Å². The third kappa shape index (κ3) is 5.33. The molecule has 0 aliphatic carbocycles. The lowest BCUT2D eigenvalue weighted by atomic mass is 10.2. The summed E-state index contributed by atoms with van der Waals surface area (Å²) in [5.74, 6) is -1.10. The summed E-state index contributed by atoms with van der Waals surface area (Å²) in [5.41, 5.74) is 2.47. The van der Waals surface area contributed by atoms with E-state index < -0.39 is 26.9 Å². The SMILES string of the molecule is Cc1ccc(N2CCN(C(N3C(=O)S/C(=C/c4ccccc4F)C3=O)C(Cl)(Cl)Cl)CC2)cc1. The topological polar surface area (TPSA) is 43.9 Å². The van der Waals surface area contributed by atoms with Gasteiger partial charge in [0, 0.05) is 37.4 Å². The van der Waals surface area contributed by atoms with Gasteiger partial charge in [0.05, 0.1) is 4.91 Å². The van der Waals surface area contributed by atoms with Crippen molar-refractivity contribution in [3.63, 3.8) is 0 Å². The van der Waals surface area contributed by atoms with Crippen LogP contribution >= 0.6 is 46.6 Å². The summed E-state index contributed by atoms with van der Waals surface area (Å²) in [5, 5.41) is -0.556. The van der Waals surface area contributed by atoms with Crippen LogP contribution in [0.15, 0.2) is 53.4 Å². The first kappa shape index (κ1) is 24.4. The number of thioether (sulfide) groups is 1. The Morgan fingerprint density at radius 3 is 2.24 bits per heavy atom. The maximum atomic E-state index is 14.1. The van der Waals surface area contributed by atoms with Gasteiger partial charge in [0.2, 0.25) is 3.79 Å². The van der Waals surface area contributed by atoms with Crippen LogP contribution in [0.25, 0.3) is 6.08 Å². The molecule has 0 saturated carbocycles. The van der Waals surface area contributed by atoms with Gasteiger partial charge in [-0.05, 0) is 43.0 Å². The monoisotopic (exact) mass is 527 g/mol. The summed E-state index contributed by atoms with van der Waals surface area (Å²) < 4.78 is 12.1. The first-order valence-electron chi connectivity index (χ1n) is 10.3. The Labute approximate surface area is 211 Å². The second kappa shape index (κ2) is 9.84. The zero-order valence-corrected chi connectivity index (χ0v) is 20.8. The van der Waals surface area contributed by atoms with Crippen LogP contribution in [0.5, 0.6) is 0 Å². The molecule has 1 unspecified atom stereocenters. The first-order valence-corrected chi connectivity index (χ1v) is 12.2. The third-order valence-corrected chi connectivity index (χ3v) is 7.08. The second-order valence-electron chi connectivity index (χ2n) is 7.85. The molecule has 2 amide bonds. The van der Waals surface area contributed by atoms with E-state index in [1.807, 2.05) is 24.0 Å². The number of carbonyl (C=O) groups is 2. The molecule has 0 spiro atoms. The number of carbonyl (C=O) groups excluding carboxylic acids is 2. The van der Waals surface area contributed by atoms with Crippen LogP contribution in [0.4, 0.5) is 14.9 Å². The van der Waals surface area contributed by atoms with Crippen molar-refractivity contribution < 1.29 is 14.0 Å². The number of piperazine rings is 1. The smallest absolute Gasteiger partial charge is 0.295 e. The molecule has 0 aromatic heterocycles. The minimum Gasteiger partial charge on any atom is -0.369 e. The number of alkyl halides is 3. The molecule has 1 atom stereocenters. The number of benzene rings is 2. The van der Waals surface area contributed by atoms with Gasteiger partial charge in [0.25, 0.3) is 11.1 Å². The fourth-order valence-corrected chi connectivity index (χ4v) is 5.47. The van der Waals surface area contributed by atoms with Gasteiger partial charge in [0.15, 0.2) is 0 Å². The van der Waals surface area contributed by atoms with E-state index in [-0.39, 0.29) is 10.5 Å². The molecule has 33 heavy (non-hydrogen) atoms. The lowest BCUT2D eigenvalue weighted by Crippen LogP contribution is -2.61. The highest BCUT2D eigenvalue weighted by molar-refractivity contribution is 8.18. The number of aryl methyl sites for hydroxylation is 1. The Morgan fingerprint density at radius 1 is 1.00 bits per heavy atom. The van der Waals surface area contributed by atoms with E-state index in [1.54, 1.807) is 12.1 Å². The molecular weight excluding hydrogens is 508 g/mol. The number of hydrogen-bond donors (Lipinski definition) is 0. The van der Waals surface area contributed by atoms with Crippen LogP contribution in [0.3, 0.4) is 0 Å². The van der Waals surface area contributed by atoms with Crippen molar-refractivity contribution in [1.82, 2.24) is 9.80 Å². The normalized spacial score (nSPS) is 20.1. The molecule has 174 valence electrons. The van der Waals surface area contributed by atoms with Gasteiger partial charge in [-0.1, -0.05) is 70.7 Å². The summed E-state index contributed by atoms with van der Waals surface area (Å²) in [4.78, 5) is 31.1. The van der Waals surface area contributed by atoms with E-state index in [9.17, 15) is 14.0 Å². The minimum atomic E-state index is -1.93. The van der Waals surface area contributed by atoms with Crippen LogP contribution in [-0.4, -0.2) is 57.1 Å². The highest BCUT2D eigenvalue weighted by atomic mass is 35.6. The maximum absolute atomic E-state index is 14.1. The molecule has 2 aliphatic rings. The van der Waals surface area contributed by atoms with Gasteiger partial charge in [-0.2, -0.15) is 0 Å². The first-order chi connectivity index (χ1) is 15.6. The van der Waals surface area contributed by atoms with Crippen molar-refractivity contribution in [1.29, 1.82) is 0 Å². The van der Waals surface area contributed by atoms with Crippen molar-refractivity contribution in [2.75, 3.05) is 31.1 Å². The van der Waals surface area contributed by atoms with E-state index in [4.69, 9.17) is 34.8 Å². The summed E-state index contributed by atoms with van der Waals surface area (Å²) in [6, 6.07) is 14.2. The van der Waals surface area contributed by atoms with E-state index in [0.717, 1.165) is 10.6 Å². The van der Waals surface area contributed by atoms with E-state index in [2.05, 4.69) is 17.0 Å². The molecule has 10 heteroatoms. The predicted octanol–water partition coefficient (Wildman–Crippen LogP) is 5.69. The Kier molecular flexibility index (Phi) is 7.26. The molecule has 0 N–H and O–H groups in total. The fourth-order valence-electron chi connectivity index (χ4n) is 3.92. The van der Waals surface area contributed by atoms with Crippen LogP contribution in [0.1, 0.15) is 11.1 Å². The Morgan fingerprint density at radius 2 is 1.64 bits per heavy atom. The molecule has 2 fully saturated rings. The van der Waals surface area contributed by atoms with Crippen molar-refractivity contribution in [3.8, 4) is 0 Å². The lowest BCUT2D eigenvalue weighted by Gasteiger charge is -2.44. The van der Waals surface area contributed by atoms with Crippen molar-refractivity contribution in [2.45, 2.75) is 16.9 Å². The van der Waals surface area contributed by atoms with Gasteiger partial charge < -0.3 is 4.90 Å². The van der Waals surface area contributed by atoms with Gasteiger partial charge >= 0.3 is 0 Å². The Balaban J connectivity index is 1.54. The van der Waals surface area contributed by atoms with E-state index in [1.165, 1.54) is 23.8 Å². The van der Waals surface area contributed by atoms with Gasteiger partial charge in [0.1, 0.15) is 12.0 Å². The van der Waals surface area contributed by atoms with Crippen LogP contribution in [0.2, 0.25) is 0 Å². The zero-order valence-electron chi connectivity index (χ0n) is 17.7. The zero-order chi connectivity index (χ0) is 23.8. The quantitative estimate of drug-likeness (QED) is 0.377. The number of amides is 2. The number of nitrogens with zero attached hydrogens (tertiary/aromatic N) is 3. The number of anilines is 1. The Hall–Kier alpha value is -1.77. The molecule has 4 rings (SSSR count). The van der Waals surface area contributed by atoms with Crippen molar-refractivity contribution in [3.05, 3.63) is 70.4 Å². The maximum Gasteiger partial charge on any atom is 0.295 e. The highest BCUT2D eigenvalue weighted by Crippen LogP contribution is 2.42. The molecule has 0 bridgehead atoms. The molecule has 2 aromatic rings. The molecule has 2 aliphatic heterocycles. The largest absolute Gasteiger partial charge is 0.369 e. The average molecular weight is 529 g/mol. The number of hydrogen-bond acceptors (Lipinski definition) is 5. The van der Waals surface area contributed by atoms with Crippen LogP contribution in [0, 0.1) is 12.7 Å². The molecule has 2 saturated heterocycles. The molecular formula is C23H21Cl3FN3O2S. The van der Waals surface area contributed by atoms with Gasteiger partial charge in [-0.25, -0.2) is 9.29 Å². The standard InChI is InChI=1S/C23H21Cl3FN3O2S/c1-15-6-8-17(9-7-15)28-10-12-29(13-11-28)21(23(24,25)26)30-20(31)19(33-22(30)32)14-16-4-2-3-5-18(16)27/h2-9,14,21H,10-13H2,1H3/b19-14+. The second-order valence-corrected chi connectivity index (χ2v) is 11.2. The lowest BCUT2D eigenvalue weighted by molar-refractivity contribution is -0.127.